The first-order valence-electron chi connectivity index (χ1n) is 7.24. The Bertz CT molecular complexity index is 467. The van der Waals surface area contributed by atoms with E-state index in [9.17, 15) is 9.90 Å². The number of rotatable bonds is 1. The summed E-state index contributed by atoms with van der Waals surface area (Å²) < 4.78 is 0. The van der Waals surface area contributed by atoms with Gasteiger partial charge in [0, 0.05) is 6.04 Å². The van der Waals surface area contributed by atoms with Crippen molar-refractivity contribution >= 4 is 6.03 Å². The fourth-order valence-corrected chi connectivity index (χ4v) is 3.77. The van der Waals surface area contributed by atoms with Gasteiger partial charge in [0.2, 0.25) is 0 Å². The zero-order valence-corrected chi connectivity index (χ0v) is 11.6. The van der Waals surface area contributed by atoms with E-state index in [4.69, 9.17) is 0 Å². The van der Waals surface area contributed by atoms with Crippen LogP contribution in [0.1, 0.15) is 46.0 Å². The van der Waals surface area contributed by atoms with Crippen molar-refractivity contribution < 1.29 is 9.90 Å². The minimum Gasteiger partial charge on any atom is -0.371 e. The van der Waals surface area contributed by atoms with Gasteiger partial charge in [-0.3, -0.25) is 4.90 Å². The van der Waals surface area contributed by atoms with E-state index in [0.717, 1.165) is 32.1 Å². The molecule has 0 bridgehead atoms. The largest absolute Gasteiger partial charge is 0.371 e. The molecule has 0 radical (unpaired) electrons. The van der Waals surface area contributed by atoms with Crippen LogP contribution in [-0.2, 0) is 0 Å². The highest BCUT2D eigenvalue weighted by Gasteiger charge is 2.54. The van der Waals surface area contributed by atoms with E-state index in [1.165, 1.54) is 11.1 Å². The molecular weight excluding hydrogens is 240 g/mol. The number of aliphatic hydroxyl groups is 1. The number of fused-ring (bicyclic) bond motifs is 1. The van der Waals surface area contributed by atoms with Crippen molar-refractivity contribution in [2.24, 2.45) is 0 Å². The van der Waals surface area contributed by atoms with Crippen molar-refractivity contribution in [2.75, 3.05) is 0 Å². The standard InChI is InChI=1S/C15H22N2O2/c1-10(2)17-13(18)15(16-14(17)19)9-5-7-11-6-3-4-8-12(11)15/h3,6,10,13,18H,4-5,7-9H2,1-2H3,(H,16,19). The Hall–Kier alpha value is -1.29. The summed E-state index contributed by atoms with van der Waals surface area (Å²) in [6.45, 7) is 3.89. The molecule has 1 spiro atoms. The van der Waals surface area contributed by atoms with Gasteiger partial charge in [0.1, 0.15) is 5.54 Å². The molecule has 4 heteroatoms. The van der Waals surface area contributed by atoms with E-state index in [-0.39, 0.29) is 12.1 Å². The van der Waals surface area contributed by atoms with Gasteiger partial charge in [0.25, 0.3) is 0 Å². The van der Waals surface area contributed by atoms with Crippen LogP contribution in [0.3, 0.4) is 0 Å². The lowest BCUT2D eigenvalue weighted by Gasteiger charge is -2.41. The van der Waals surface area contributed by atoms with Gasteiger partial charge in [0.15, 0.2) is 6.23 Å². The molecule has 2 amide bonds. The molecule has 104 valence electrons. The molecule has 3 rings (SSSR count). The fraction of sp³-hybridized carbons (Fsp3) is 0.667. The maximum Gasteiger partial charge on any atom is 0.320 e. The van der Waals surface area contributed by atoms with E-state index in [2.05, 4.69) is 17.5 Å². The average Bonchev–Trinajstić information content (AvgIpc) is 2.62. The second-order valence-electron chi connectivity index (χ2n) is 6.07. The first-order valence-corrected chi connectivity index (χ1v) is 7.24. The molecule has 2 unspecified atom stereocenters. The third-order valence-corrected chi connectivity index (χ3v) is 4.65. The molecule has 1 fully saturated rings. The smallest absolute Gasteiger partial charge is 0.320 e. The van der Waals surface area contributed by atoms with Gasteiger partial charge < -0.3 is 10.4 Å². The summed E-state index contributed by atoms with van der Waals surface area (Å²) in [4.78, 5) is 13.8. The van der Waals surface area contributed by atoms with Gasteiger partial charge >= 0.3 is 6.03 Å². The van der Waals surface area contributed by atoms with Gasteiger partial charge in [0.05, 0.1) is 0 Å². The number of hydrogen-bond acceptors (Lipinski definition) is 2. The van der Waals surface area contributed by atoms with Crippen LogP contribution in [0.5, 0.6) is 0 Å². The fourth-order valence-electron chi connectivity index (χ4n) is 3.77. The molecule has 2 atom stereocenters. The molecule has 1 aliphatic heterocycles. The SMILES string of the molecule is CC(C)N1C(=O)NC2(CCCC3=C2CCC=C3)C1O. The van der Waals surface area contributed by atoms with E-state index in [1.54, 1.807) is 4.90 Å². The maximum atomic E-state index is 12.2. The Balaban J connectivity index is 2.04. The Morgan fingerprint density at radius 3 is 2.95 bits per heavy atom. The normalized spacial score (nSPS) is 34.2. The Morgan fingerprint density at radius 1 is 1.47 bits per heavy atom. The molecule has 1 saturated heterocycles. The molecule has 0 aromatic carbocycles. The topological polar surface area (TPSA) is 52.6 Å². The van der Waals surface area contributed by atoms with Crippen LogP contribution in [0, 0.1) is 0 Å². The number of nitrogens with one attached hydrogen (secondary N) is 1. The van der Waals surface area contributed by atoms with Crippen LogP contribution in [0.15, 0.2) is 23.3 Å². The summed E-state index contributed by atoms with van der Waals surface area (Å²) in [5.41, 5.74) is 2.03. The number of amides is 2. The van der Waals surface area contributed by atoms with Crippen LogP contribution in [0.4, 0.5) is 4.79 Å². The molecule has 3 aliphatic rings. The number of allylic oxidation sites excluding steroid dienone is 3. The van der Waals surface area contributed by atoms with Crippen molar-refractivity contribution in [3.8, 4) is 0 Å². The first-order chi connectivity index (χ1) is 9.06. The number of carbonyl (C=O) groups excluding carboxylic acids is 1. The molecular formula is C15H22N2O2. The number of urea groups is 1. The number of carbonyl (C=O) groups is 1. The van der Waals surface area contributed by atoms with E-state index < -0.39 is 11.8 Å². The third kappa shape index (κ3) is 1.73. The predicted molar refractivity (Wildman–Crippen MR) is 73.5 cm³/mol. The Labute approximate surface area is 114 Å². The van der Waals surface area contributed by atoms with Crippen molar-refractivity contribution in [1.29, 1.82) is 0 Å². The highest BCUT2D eigenvalue weighted by Crippen LogP contribution is 2.44. The summed E-state index contributed by atoms with van der Waals surface area (Å²) in [6, 6.07) is -0.120. The van der Waals surface area contributed by atoms with E-state index in [1.807, 2.05) is 13.8 Å². The van der Waals surface area contributed by atoms with Crippen LogP contribution in [-0.4, -0.2) is 33.8 Å². The highest BCUT2D eigenvalue weighted by molar-refractivity contribution is 5.80. The Morgan fingerprint density at radius 2 is 2.26 bits per heavy atom. The van der Waals surface area contributed by atoms with Gasteiger partial charge in [-0.2, -0.15) is 0 Å². The van der Waals surface area contributed by atoms with Gasteiger partial charge in [-0.15, -0.1) is 0 Å². The van der Waals surface area contributed by atoms with Crippen LogP contribution in [0.25, 0.3) is 0 Å². The predicted octanol–water partition coefficient (Wildman–Crippen LogP) is 2.31. The molecule has 0 aromatic heterocycles. The number of aliphatic hydroxyl groups excluding tert-OH is 1. The molecule has 4 nitrogen and oxygen atoms in total. The highest BCUT2D eigenvalue weighted by atomic mass is 16.3. The zero-order valence-electron chi connectivity index (χ0n) is 11.6. The molecule has 19 heavy (non-hydrogen) atoms. The van der Waals surface area contributed by atoms with Gasteiger partial charge in [-0.05, 0) is 57.1 Å². The molecule has 2 N–H and O–H groups in total. The Kier molecular flexibility index (Phi) is 2.93. The van der Waals surface area contributed by atoms with Crippen molar-refractivity contribution in [1.82, 2.24) is 10.2 Å². The summed E-state index contributed by atoms with van der Waals surface area (Å²) in [6.07, 6.45) is 8.52. The quantitative estimate of drug-likeness (QED) is 0.762. The van der Waals surface area contributed by atoms with Crippen LogP contribution >= 0.6 is 0 Å². The average molecular weight is 262 g/mol. The summed E-state index contributed by atoms with van der Waals surface area (Å²) >= 11 is 0. The third-order valence-electron chi connectivity index (χ3n) is 4.65. The lowest BCUT2D eigenvalue weighted by molar-refractivity contribution is -0.00566. The van der Waals surface area contributed by atoms with Crippen molar-refractivity contribution in [3.05, 3.63) is 23.3 Å². The number of hydrogen-bond donors (Lipinski definition) is 2. The summed E-state index contributed by atoms with van der Waals surface area (Å²) in [7, 11) is 0. The van der Waals surface area contributed by atoms with Crippen molar-refractivity contribution in [2.45, 2.75) is 63.8 Å². The summed E-state index contributed by atoms with van der Waals surface area (Å²) in [5.74, 6) is 0. The molecule has 1 heterocycles. The van der Waals surface area contributed by atoms with Gasteiger partial charge in [-0.25, -0.2) is 4.79 Å². The molecule has 0 aromatic rings. The van der Waals surface area contributed by atoms with Crippen LogP contribution in [0.2, 0.25) is 0 Å². The second-order valence-corrected chi connectivity index (χ2v) is 6.07. The lowest BCUT2D eigenvalue weighted by atomic mass is 9.72. The summed E-state index contributed by atoms with van der Waals surface area (Å²) in [5, 5.41) is 13.8. The van der Waals surface area contributed by atoms with Gasteiger partial charge in [-0.1, -0.05) is 12.2 Å². The maximum absolute atomic E-state index is 12.2. The van der Waals surface area contributed by atoms with Crippen LogP contribution < -0.4 is 5.32 Å². The van der Waals surface area contributed by atoms with Crippen molar-refractivity contribution in [3.63, 3.8) is 0 Å². The molecule has 2 aliphatic carbocycles. The van der Waals surface area contributed by atoms with E-state index in [0.29, 0.717) is 0 Å². The second kappa shape index (κ2) is 4.37. The minimum absolute atomic E-state index is 0.0134. The minimum atomic E-state index is -0.739. The number of nitrogens with zero attached hydrogens (tertiary/aromatic N) is 1. The van der Waals surface area contributed by atoms with E-state index >= 15 is 0 Å². The lowest BCUT2D eigenvalue weighted by Crippen LogP contribution is -2.54. The monoisotopic (exact) mass is 262 g/mol. The first kappa shape index (κ1) is 12.7. The molecule has 0 saturated carbocycles. The zero-order chi connectivity index (χ0) is 13.6.